The predicted molar refractivity (Wildman–Crippen MR) is 92.2 cm³/mol. The van der Waals surface area contributed by atoms with E-state index in [9.17, 15) is 71.0 Å². The van der Waals surface area contributed by atoms with Gasteiger partial charge in [0.1, 0.15) is 5.75 Å². The zero-order valence-electron chi connectivity index (χ0n) is 17.7. The van der Waals surface area contributed by atoms with Gasteiger partial charge in [0.2, 0.25) is 0 Å². The summed E-state index contributed by atoms with van der Waals surface area (Å²) >= 11 is 0. The number of unbranched alkanes of at least 4 members (excludes halogenated alkanes) is 1. The fourth-order valence-corrected chi connectivity index (χ4v) is 2.61. The van der Waals surface area contributed by atoms with Gasteiger partial charge in [-0.2, -0.15) is 65.9 Å². The molecule has 1 atom stereocenters. The molecular weight excluding hydrogens is 545 g/mol. The smallest absolute Gasteiger partial charge is 0.460 e. The lowest BCUT2D eigenvalue weighted by atomic mass is 9.88. The number of aliphatic hydroxyl groups is 1. The van der Waals surface area contributed by atoms with Gasteiger partial charge in [-0.05, 0) is 24.1 Å². The van der Waals surface area contributed by atoms with E-state index in [1.165, 1.54) is 0 Å². The third-order valence-electron chi connectivity index (χ3n) is 4.87. The van der Waals surface area contributed by atoms with Crippen molar-refractivity contribution in [1.29, 1.82) is 0 Å². The van der Waals surface area contributed by atoms with Gasteiger partial charge < -0.3 is 9.84 Å². The maximum Gasteiger partial charge on any atom is 0.460 e. The van der Waals surface area contributed by atoms with Crippen molar-refractivity contribution in [2.24, 2.45) is 0 Å². The third-order valence-corrected chi connectivity index (χ3v) is 4.87. The van der Waals surface area contributed by atoms with Gasteiger partial charge in [-0.15, -0.1) is 0 Å². The van der Waals surface area contributed by atoms with E-state index in [1.54, 1.807) is 6.92 Å². The van der Waals surface area contributed by atoms with Gasteiger partial charge in [0.15, 0.2) is 0 Å². The third kappa shape index (κ3) is 5.30. The summed E-state index contributed by atoms with van der Waals surface area (Å²) in [5, 5.41) is 9.69. The van der Waals surface area contributed by atoms with E-state index in [4.69, 9.17) is 4.74 Å². The molecule has 1 rings (SSSR count). The lowest BCUT2D eigenvalue weighted by molar-refractivity contribution is -0.453. The molecule has 1 aromatic carbocycles. The maximum atomic E-state index is 14.0. The first-order valence-corrected chi connectivity index (χ1v) is 9.66. The minimum Gasteiger partial charge on any atom is -0.494 e. The zero-order chi connectivity index (χ0) is 28.6. The average molecular weight is 562 g/mol. The van der Waals surface area contributed by atoms with Gasteiger partial charge in [-0.3, -0.25) is 0 Å². The Morgan fingerprint density at radius 1 is 0.667 bits per heavy atom. The van der Waals surface area contributed by atoms with Crippen LogP contribution in [-0.2, 0) is 0 Å². The second-order valence-electron chi connectivity index (χ2n) is 7.57. The van der Waals surface area contributed by atoms with Crippen LogP contribution in [0.5, 0.6) is 5.75 Å². The van der Waals surface area contributed by atoms with Crippen LogP contribution >= 0.6 is 0 Å². The number of hydrogen-bond donors (Lipinski definition) is 1. The molecule has 0 aromatic heterocycles. The molecule has 1 unspecified atom stereocenters. The van der Waals surface area contributed by atoms with Crippen LogP contribution in [0.15, 0.2) is 24.3 Å². The fraction of sp³-hybridized carbons (Fsp3) is 0.684. The van der Waals surface area contributed by atoms with Gasteiger partial charge in [0.25, 0.3) is 0 Å². The molecule has 0 spiro atoms. The Bertz CT molecular complexity index is 863. The summed E-state index contributed by atoms with van der Waals surface area (Å²) in [5.41, 5.74) is -0.697. The van der Waals surface area contributed by atoms with Gasteiger partial charge in [0, 0.05) is 6.42 Å². The fourth-order valence-electron chi connectivity index (χ4n) is 2.61. The molecule has 2 nitrogen and oxygen atoms in total. The predicted octanol–water partition coefficient (Wildman–Crippen LogP) is 7.66. The number of alkyl halides is 15. The topological polar surface area (TPSA) is 29.5 Å². The molecule has 0 heterocycles. The molecule has 0 fully saturated rings. The highest BCUT2D eigenvalue weighted by atomic mass is 19.4. The van der Waals surface area contributed by atoms with Crippen molar-refractivity contribution >= 4 is 0 Å². The summed E-state index contributed by atoms with van der Waals surface area (Å²) in [6, 6.07) is 3.55. The Hall–Kier alpha value is -2.07. The molecule has 17 heteroatoms. The Kier molecular flexibility index (Phi) is 8.88. The highest BCUT2D eigenvalue weighted by Gasteiger charge is 2.93. The Morgan fingerprint density at radius 2 is 1.08 bits per heavy atom. The van der Waals surface area contributed by atoms with Crippen molar-refractivity contribution < 1.29 is 75.7 Å². The summed E-state index contributed by atoms with van der Waals surface area (Å²) in [4.78, 5) is 0. The quantitative estimate of drug-likeness (QED) is 0.209. The monoisotopic (exact) mass is 562 g/mol. The van der Waals surface area contributed by atoms with Crippen LogP contribution in [-0.4, -0.2) is 53.4 Å². The van der Waals surface area contributed by atoms with Crippen LogP contribution in [0.2, 0.25) is 0 Å². The summed E-state index contributed by atoms with van der Waals surface area (Å²) in [6.45, 7) is 1.99. The Morgan fingerprint density at radius 3 is 1.50 bits per heavy atom. The number of hydrogen-bond acceptors (Lipinski definition) is 2. The second-order valence-corrected chi connectivity index (χ2v) is 7.57. The normalized spacial score (nSPS) is 15.7. The Balaban J connectivity index is 3.27. The lowest BCUT2D eigenvalue weighted by Gasteiger charge is -2.41. The van der Waals surface area contributed by atoms with E-state index >= 15 is 0 Å². The van der Waals surface area contributed by atoms with Crippen LogP contribution in [0.3, 0.4) is 0 Å². The first kappa shape index (κ1) is 32.0. The molecule has 210 valence electrons. The molecule has 0 aliphatic carbocycles. The van der Waals surface area contributed by atoms with Crippen LogP contribution in [0.25, 0.3) is 0 Å². The summed E-state index contributed by atoms with van der Waals surface area (Å²) < 4.78 is 203. The molecule has 0 radical (unpaired) electrons. The summed E-state index contributed by atoms with van der Waals surface area (Å²) in [6.07, 6.45) is -12.0. The maximum absolute atomic E-state index is 14.0. The van der Waals surface area contributed by atoms with Crippen molar-refractivity contribution in [1.82, 2.24) is 0 Å². The molecule has 0 saturated carbocycles. The molecule has 0 saturated heterocycles. The minimum absolute atomic E-state index is 0.0792. The van der Waals surface area contributed by atoms with E-state index < -0.39 is 59.8 Å². The highest BCUT2D eigenvalue weighted by Crippen LogP contribution is 2.63. The second kappa shape index (κ2) is 10.0. The standard InChI is InChI=1S/C19H17F15O2/c1-2-3-8-36-11-6-4-10(5-7-11)12(35)9-13(20,21)14(22,23)15(24,25)16(26,27)17(28,29)18(30,31)19(32,33)34/h4-7,12,35H,2-3,8-9H2,1H3. The van der Waals surface area contributed by atoms with Crippen molar-refractivity contribution in [2.45, 2.75) is 74.0 Å². The van der Waals surface area contributed by atoms with Crippen molar-refractivity contribution in [3.05, 3.63) is 29.8 Å². The van der Waals surface area contributed by atoms with E-state index in [0.29, 0.717) is 12.8 Å². The summed E-state index contributed by atoms with van der Waals surface area (Å²) in [5.74, 6) is -47.0. The highest BCUT2D eigenvalue weighted by molar-refractivity contribution is 5.29. The average Bonchev–Trinajstić information content (AvgIpc) is 2.72. The van der Waals surface area contributed by atoms with Gasteiger partial charge in [-0.25, -0.2) is 0 Å². The van der Waals surface area contributed by atoms with Crippen molar-refractivity contribution in [3.63, 3.8) is 0 Å². The minimum atomic E-state index is -8.35. The number of rotatable bonds is 12. The number of ether oxygens (including phenoxy) is 1. The molecule has 0 aliphatic heterocycles. The molecule has 1 N–H and O–H groups in total. The molecule has 0 amide bonds. The van der Waals surface area contributed by atoms with Gasteiger partial charge in [0.05, 0.1) is 12.7 Å². The van der Waals surface area contributed by atoms with Gasteiger partial charge >= 0.3 is 41.7 Å². The van der Waals surface area contributed by atoms with Crippen LogP contribution in [0.1, 0.15) is 37.9 Å². The van der Waals surface area contributed by atoms with E-state index in [-0.39, 0.29) is 12.4 Å². The SMILES string of the molecule is CCCCOc1ccc(C(O)CC(F)(F)C(F)(F)C(F)(F)C(F)(F)C(F)(F)C(F)(F)C(F)(F)F)cc1. The first-order valence-electron chi connectivity index (χ1n) is 9.66. The van der Waals surface area contributed by atoms with Gasteiger partial charge in [-0.1, -0.05) is 25.5 Å². The first-order chi connectivity index (χ1) is 15.9. The summed E-state index contributed by atoms with van der Waals surface area (Å²) in [7, 11) is 0. The number of benzene rings is 1. The number of halogens is 15. The molecular formula is C19H17F15O2. The van der Waals surface area contributed by atoms with Crippen LogP contribution < -0.4 is 4.74 Å². The number of aliphatic hydroxyl groups excluding tert-OH is 1. The van der Waals surface area contributed by atoms with Crippen molar-refractivity contribution in [2.75, 3.05) is 6.61 Å². The lowest BCUT2D eigenvalue weighted by Crippen LogP contribution is -2.72. The Labute approximate surface area is 193 Å². The molecule has 36 heavy (non-hydrogen) atoms. The molecule has 0 bridgehead atoms. The van der Waals surface area contributed by atoms with E-state index in [2.05, 4.69) is 0 Å². The van der Waals surface area contributed by atoms with Crippen molar-refractivity contribution in [3.8, 4) is 5.75 Å². The van der Waals surface area contributed by atoms with E-state index in [1.807, 2.05) is 0 Å². The van der Waals surface area contributed by atoms with Crippen LogP contribution in [0, 0.1) is 0 Å². The van der Waals surface area contributed by atoms with Crippen LogP contribution in [0.4, 0.5) is 65.9 Å². The zero-order valence-corrected chi connectivity index (χ0v) is 17.7. The largest absolute Gasteiger partial charge is 0.494 e. The molecule has 1 aromatic rings. The van der Waals surface area contributed by atoms with E-state index in [0.717, 1.165) is 24.3 Å². The molecule has 0 aliphatic rings.